The molecule has 1 aliphatic rings. The molecular formula is C24H19BrN2O5. The van der Waals surface area contributed by atoms with Gasteiger partial charge in [-0.3, -0.25) is 14.6 Å². The smallest absolute Gasteiger partial charge is 0.295 e. The van der Waals surface area contributed by atoms with Crippen LogP contribution in [0.15, 0.2) is 77.0 Å². The largest absolute Gasteiger partial charge is 0.507 e. The number of aliphatic hydroxyl groups excluding tert-OH is 1. The average molecular weight is 495 g/mol. The Hall–Kier alpha value is -3.65. The van der Waals surface area contributed by atoms with E-state index in [-0.39, 0.29) is 29.4 Å². The van der Waals surface area contributed by atoms with E-state index in [0.29, 0.717) is 15.6 Å². The number of hydrogen-bond donors (Lipinski definition) is 2. The maximum atomic E-state index is 13.1. The second kappa shape index (κ2) is 8.84. The van der Waals surface area contributed by atoms with Gasteiger partial charge < -0.3 is 19.8 Å². The Morgan fingerprint density at radius 2 is 1.81 bits per heavy atom. The number of phenols is 1. The van der Waals surface area contributed by atoms with Gasteiger partial charge in [-0.25, -0.2) is 0 Å². The zero-order valence-electron chi connectivity index (χ0n) is 17.0. The fourth-order valence-corrected chi connectivity index (χ4v) is 4.20. The standard InChI is InChI=1S/C24H19BrN2O5/c1-32-18-12-16(11-17(25)22(18)29)20-19(21(28)15-7-9-26-10-8-15)23(30)24(31)27(20)13-14-5-3-2-4-6-14/h2-12,20,28-29H,13H2,1H3. The van der Waals surface area contributed by atoms with E-state index in [4.69, 9.17) is 4.74 Å². The fraction of sp³-hybridized carbons (Fsp3) is 0.125. The van der Waals surface area contributed by atoms with Crippen molar-refractivity contribution in [1.82, 2.24) is 9.88 Å². The number of carbonyl (C=O) groups excluding carboxylic acids is 2. The molecule has 0 saturated carbocycles. The number of amides is 1. The molecule has 0 aliphatic carbocycles. The van der Waals surface area contributed by atoms with Gasteiger partial charge in [0.15, 0.2) is 11.5 Å². The highest BCUT2D eigenvalue weighted by molar-refractivity contribution is 9.10. The maximum Gasteiger partial charge on any atom is 0.295 e. The van der Waals surface area contributed by atoms with Gasteiger partial charge in [-0.1, -0.05) is 30.3 Å². The first kappa shape index (κ1) is 21.6. The summed E-state index contributed by atoms with van der Waals surface area (Å²) in [6.45, 7) is 0.157. The lowest BCUT2D eigenvalue weighted by Gasteiger charge is -2.26. The van der Waals surface area contributed by atoms with E-state index < -0.39 is 17.7 Å². The van der Waals surface area contributed by atoms with Crippen molar-refractivity contribution < 1.29 is 24.5 Å². The van der Waals surface area contributed by atoms with Crippen molar-refractivity contribution in [2.24, 2.45) is 0 Å². The molecule has 1 atom stereocenters. The number of methoxy groups -OCH3 is 1. The van der Waals surface area contributed by atoms with Crippen LogP contribution in [-0.4, -0.2) is 38.9 Å². The number of pyridine rings is 1. The lowest BCUT2D eigenvalue weighted by atomic mass is 9.95. The molecular weight excluding hydrogens is 476 g/mol. The van der Waals surface area contributed by atoms with Crippen molar-refractivity contribution in [2.45, 2.75) is 12.6 Å². The first-order valence-corrected chi connectivity index (χ1v) is 10.5. The molecule has 1 aromatic heterocycles. The number of aliphatic hydroxyl groups is 1. The number of phenolic OH excluding ortho intramolecular Hbond substituents is 1. The first-order valence-electron chi connectivity index (χ1n) is 9.71. The van der Waals surface area contributed by atoms with Crippen LogP contribution in [0.4, 0.5) is 0 Å². The number of aromatic nitrogens is 1. The number of carbonyl (C=O) groups is 2. The van der Waals surface area contributed by atoms with E-state index >= 15 is 0 Å². The molecule has 0 bridgehead atoms. The van der Waals surface area contributed by atoms with E-state index in [1.165, 1.54) is 24.4 Å². The molecule has 3 aromatic rings. The minimum absolute atomic E-state index is 0.0447. The summed E-state index contributed by atoms with van der Waals surface area (Å²) >= 11 is 3.30. The molecule has 1 saturated heterocycles. The lowest BCUT2D eigenvalue weighted by Crippen LogP contribution is -2.29. The van der Waals surface area contributed by atoms with Crippen molar-refractivity contribution >= 4 is 33.4 Å². The number of aromatic hydroxyl groups is 1. The van der Waals surface area contributed by atoms with Crippen molar-refractivity contribution in [1.29, 1.82) is 0 Å². The first-order chi connectivity index (χ1) is 15.4. The van der Waals surface area contributed by atoms with E-state index in [1.807, 2.05) is 30.3 Å². The lowest BCUT2D eigenvalue weighted by molar-refractivity contribution is -0.140. The predicted molar refractivity (Wildman–Crippen MR) is 121 cm³/mol. The van der Waals surface area contributed by atoms with Crippen molar-refractivity contribution in [3.05, 3.63) is 93.7 Å². The predicted octanol–water partition coefficient (Wildman–Crippen LogP) is 4.18. The molecule has 2 heterocycles. The van der Waals surface area contributed by atoms with Crippen LogP contribution in [0.2, 0.25) is 0 Å². The molecule has 162 valence electrons. The third-order valence-corrected chi connectivity index (χ3v) is 5.88. The van der Waals surface area contributed by atoms with Crippen LogP contribution in [0.3, 0.4) is 0 Å². The van der Waals surface area contributed by atoms with E-state index in [9.17, 15) is 19.8 Å². The number of rotatable bonds is 5. The summed E-state index contributed by atoms with van der Waals surface area (Å²) < 4.78 is 5.59. The molecule has 1 unspecified atom stereocenters. The average Bonchev–Trinajstić information content (AvgIpc) is 3.06. The second-order valence-electron chi connectivity index (χ2n) is 7.20. The second-order valence-corrected chi connectivity index (χ2v) is 8.06. The van der Waals surface area contributed by atoms with Crippen molar-refractivity contribution in [2.75, 3.05) is 7.11 Å². The third kappa shape index (κ3) is 3.85. The molecule has 4 rings (SSSR count). The summed E-state index contributed by atoms with van der Waals surface area (Å²) in [5, 5.41) is 21.3. The Bertz CT molecular complexity index is 1210. The van der Waals surface area contributed by atoms with Gasteiger partial charge in [0.1, 0.15) is 5.76 Å². The Kier molecular flexibility index (Phi) is 5.96. The molecule has 1 fully saturated rings. The number of ketones is 1. The summed E-state index contributed by atoms with van der Waals surface area (Å²) in [6.07, 6.45) is 2.98. The van der Waals surface area contributed by atoms with Gasteiger partial charge in [0, 0.05) is 24.5 Å². The number of ether oxygens (including phenoxy) is 1. The van der Waals surface area contributed by atoms with Gasteiger partial charge in [-0.15, -0.1) is 0 Å². The molecule has 32 heavy (non-hydrogen) atoms. The number of hydrogen-bond acceptors (Lipinski definition) is 6. The minimum atomic E-state index is -0.894. The fourth-order valence-electron chi connectivity index (χ4n) is 3.74. The molecule has 1 aliphatic heterocycles. The molecule has 2 N–H and O–H groups in total. The highest BCUT2D eigenvalue weighted by Crippen LogP contribution is 2.44. The van der Waals surface area contributed by atoms with Crippen LogP contribution in [-0.2, 0) is 16.1 Å². The summed E-state index contributed by atoms with van der Waals surface area (Å²) in [4.78, 5) is 31.5. The summed E-state index contributed by atoms with van der Waals surface area (Å²) in [6, 6.07) is 14.6. The normalized spacial score (nSPS) is 17.6. The van der Waals surface area contributed by atoms with Gasteiger partial charge in [0.25, 0.3) is 11.7 Å². The van der Waals surface area contributed by atoms with Crippen molar-refractivity contribution in [3.63, 3.8) is 0 Å². The molecule has 7 nitrogen and oxygen atoms in total. The quantitative estimate of drug-likeness (QED) is 0.313. The number of likely N-dealkylation sites (tertiary alicyclic amines) is 1. The van der Waals surface area contributed by atoms with E-state index in [1.54, 1.807) is 24.3 Å². The monoisotopic (exact) mass is 494 g/mol. The molecule has 0 radical (unpaired) electrons. The van der Waals surface area contributed by atoms with Gasteiger partial charge in [0.05, 0.1) is 23.2 Å². The topological polar surface area (TPSA) is 100.0 Å². The molecule has 1 amide bonds. The van der Waals surface area contributed by atoms with Gasteiger partial charge in [-0.05, 0) is 51.3 Å². The summed E-state index contributed by atoms with van der Waals surface area (Å²) in [5.41, 5.74) is 1.65. The molecule has 8 heteroatoms. The number of halogens is 1. The van der Waals surface area contributed by atoms with Crippen LogP contribution in [0.5, 0.6) is 11.5 Å². The summed E-state index contributed by atoms with van der Waals surface area (Å²) in [5.74, 6) is -1.75. The zero-order valence-corrected chi connectivity index (χ0v) is 18.6. The van der Waals surface area contributed by atoms with E-state index in [0.717, 1.165) is 5.56 Å². The Morgan fingerprint density at radius 3 is 2.47 bits per heavy atom. The number of nitrogens with zero attached hydrogens (tertiary/aromatic N) is 2. The summed E-state index contributed by atoms with van der Waals surface area (Å²) in [7, 11) is 1.41. The van der Waals surface area contributed by atoms with E-state index in [2.05, 4.69) is 20.9 Å². The Morgan fingerprint density at radius 1 is 1.12 bits per heavy atom. The van der Waals surface area contributed by atoms with Crippen molar-refractivity contribution in [3.8, 4) is 11.5 Å². The molecule has 2 aromatic carbocycles. The zero-order chi connectivity index (χ0) is 22.8. The van der Waals surface area contributed by atoms with Gasteiger partial charge in [0.2, 0.25) is 0 Å². The Balaban J connectivity index is 1.92. The number of benzene rings is 2. The highest BCUT2D eigenvalue weighted by Gasteiger charge is 2.46. The van der Waals surface area contributed by atoms with Gasteiger partial charge in [-0.2, -0.15) is 0 Å². The third-order valence-electron chi connectivity index (χ3n) is 5.28. The minimum Gasteiger partial charge on any atom is -0.507 e. The number of Topliss-reactive ketones (excluding diaryl/α,β-unsaturated/α-hetero) is 1. The van der Waals surface area contributed by atoms with Crippen LogP contribution in [0, 0.1) is 0 Å². The van der Waals surface area contributed by atoms with Crippen LogP contribution < -0.4 is 4.74 Å². The van der Waals surface area contributed by atoms with Gasteiger partial charge >= 0.3 is 0 Å². The molecule has 0 spiro atoms. The highest BCUT2D eigenvalue weighted by atomic mass is 79.9. The Labute approximate surface area is 192 Å². The maximum absolute atomic E-state index is 13.1. The van der Waals surface area contributed by atoms with Crippen LogP contribution in [0.1, 0.15) is 22.7 Å². The van der Waals surface area contributed by atoms with Crippen LogP contribution in [0.25, 0.3) is 5.76 Å². The SMILES string of the molecule is COc1cc(C2C(=C(O)c3ccncc3)C(=O)C(=O)N2Cc2ccccc2)cc(Br)c1O. The van der Waals surface area contributed by atoms with Crippen LogP contribution >= 0.6 is 15.9 Å².